The van der Waals surface area contributed by atoms with Crippen LogP contribution in [0.15, 0.2) is 110 Å². The average Bonchev–Trinajstić information content (AvgIpc) is 1.78. The molecule has 6 heterocycles. The SMILES string of the molecule is C[C@@H]1NC(=O)CCCCc2ccc(cc2)CCCCNC(=O)C[C@@H](C(=O)N[C@@H](Cc2cnc[nH]2)C(=O)N[C@@H](Cc2ccc(O)cc2)C(=O)N2CCC[C@H]2C(N)=O)NC(=O)[C@H](Cc2c[nH]c3ccc(F)cc23)NC(=O)[C@H](Cc2c[nH]c3ccc(F)cc23)NC(=O)CNC1=O. The van der Waals surface area contributed by atoms with Crippen LogP contribution in [0.25, 0.3) is 21.8 Å². The molecular formula is C66H76F2N14O11. The second kappa shape index (κ2) is 31.5. The molecule has 0 spiro atoms. The van der Waals surface area contributed by atoms with E-state index in [1.54, 1.807) is 12.1 Å². The maximum absolute atomic E-state index is 15.3. The molecule has 0 aliphatic carbocycles. The number of aryl methyl sites for hydroxylation is 2. The number of likely N-dealkylation sites (tertiary alicyclic amines) is 1. The molecule has 490 valence electrons. The van der Waals surface area contributed by atoms with Crippen LogP contribution in [-0.4, -0.2) is 151 Å². The van der Waals surface area contributed by atoms with Crippen molar-refractivity contribution in [2.45, 2.75) is 139 Å². The van der Waals surface area contributed by atoms with Gasteiger partial charge in [-0.1, -0.05) is 36.4 Å². The lowest BCUT2D eigenvalue weighted by molar-refractivity contribution is -0.141. The van der Waals surface area contributed by atoms with Crippen molar-refractivity contribution in [1.29, 1.82) is 0 Å². The molecule has 1 saturated heterocycles. The third-order valence-electron chi connectivity index (χ3n) is 16.6. The van der Waals surface area contributed by atoms with Gasteiger partial charge < -0.3 is 73.2 Å². The summed E-state index contributed by atoms with van der Waals surface area (Å²) in [6.45, 7) is 1.07. The zero-order chi connectivity index (χ0) is 66.1. The van der Waals surface area contributed by atoms with Gasteiger partial charge in [0.25, 0.3) is 0 Å². The highest BCUT2D eigenvalue weighted by Crippen LogP contribution is 2.25. The maximum atomic E-state index is 15.3. The van der Waals surface area contributed by atoms with Crippen molar-refractivity contribution in [3.63, 3.8) is 0 Å². The molecule has 1 fully saturated rings. The number of phenolic OH excluding ortho intramolecular Hbond substituents is 1. The summed E-state index contributed by atoms with van der Waals surface area (Å²) in [4.78, 5) is 156. The van der Waals surface area contributed by atoms with E-state index in [2.05, 4.69) is 62.5 Å². The number of carbonyl (C=O) groups is 10. The number of amides is 10. The Morgan fingerprint density at radius 1 is 0.656 bits per heavy atom. The van der Waals surface area contributed by atoms with E-state index in [1.165, 1.54) is 85.3 Å². The molecule has 7 aromatic rings. The number of aromatic hydroxyl groups is 1. The molecule has 14 N–H and O–H groups in total. The number of imidazole rings is 1. The van der Waals surface area contributed by atoms with Gasteiger partial charge in [0, 0.05) is 91.3 Å². The second-order valence-corrected chi connectivity index (χ2v) is 23.6. The van der Waals surface area contributed by atoms with E-state index in [9.17, 15) is 47.4 Å². The van der Waals surface area contributed by atoms with Crippen molar-refractivity contribution >= 4 is 80.9 Å². The maximum Gasteiger partial charge on any atom is 0.246 e. The summed E-state index contributed by atoms with van der Waals surface area (Å²) in [5, 5.41) is 32.1. The number of H-pyrrole nitrogens is 3. The molecule has 27 heteroatoms. The second-order valence-electron chi connectivity index (χ2n) is 23.6. The third kappa shape index (κ3) is 18.6. The molecule has 93 heavy (non-hydrogen) atoms. The number of phenols is 1. The van der Waals surface area contributed by atoms with Gasteiger partial charge in [0.1, 0.15) is 59.7 Å². The summed E-state index contributed by atoms with van der Waals surface area (Å²) in [5.74, 6) is -9.41. The minimum Gasteiger partial charge on any atom is -0.508 e. The first-order valence-corrected chi connectivity index (χ1v) is 31.0. The first kappa shape index (κ1) is 66.9. The van der Waals surface area contributed by atoms with Crippen LogP contribution in [-0.2, 0) is 86.5 Å². The van der Waals surface area contributed by atoms with E-state index in [0.29, 0.717) is 89.1 Å². The molecule has 3 aliphatic rings. The quantitative estimate of drug-likeness (QED) is 0.0699. The van der Waals surface area contributed by atoms with Crippen molar-refractivity contribution < 1.29 is 61.8 Å². The highest BCUT2D eigenvalue weighted by molar-refractivity contribution is 6.00. The Morgan fingerprint density at radius 2 is 1.27 bits per heavy atom. The van der Waals surface area contributed by atoms with Crippen LogP contribution in [0, 0.1) is 11.6 Å². The number of fused-ring (bicyclic) bond motifs is 29. The van der Waals surface area contributed by atoms with E-state index in [-0.39, 0.29) is 56.9 Å². The number of primary amides is 1. The summed E-state index contributed by atoms with van der Waals surface area (Å²) in [6, 6.07) is 11.7. The van der Waals surface area contributed by atoms with Crippen molar-refractivity contribution in [2.75, 3.05) is 19.6 Å². The van der Waals surface area contributed by atoms with E-state index >= 15 is 14.4 Å². The summed E-state index contributed by atoms with van der Waals surface area (Å²) in [6.07, 6.45) is 8.46. The monoisotopic (exact) mass is 1280 g/mol. The van der Waals surface area contributed by atoms with Gasteiger partial charge in [-0.05, 0) is 135 Å². The van der Waals surface area contributed by atoms with E-state index in [0.717, 1.165) is 11.1 Å². The number of rotatable bonds is 14. The van der Waals surface area contributed by atoms with Crippen molar-refractivity contribution in [3.8, 4) is 5.75 Å². The highest BCUT2D eigenvalue weighted by Gasteiger charge is 2.39. The Bertz CT molecular complexity index is 3840. The number of hydrogen-bond donors (Lipinski definition) is 13. The minimum absolute atomic E-state index is 0.0620. The number of carbonyl (C=O) groups excluding carboxylic acids is 10. The first-order chi connectivity index (χ1) is 44.7. The number of aromatic amines is 3. The van der Waals surface area contributed by atoms with E-state index < -0.39 is 126 Å². The number of aromatic nitrogens is 4. The molecule has 10 rings (SSSR count). The summed E-state index contributed by atoms with van der Waals surface area (Å²) in [5.41, 5.74) is 10.3. The van der Waals surface area contributed by atoms with Gasteiger partial charge in [0.2, 0.25) is 59.1 Å². The Morgan fingerprint density at radius 3 is 1.89 bits per heavy atom. The molecule has 10 amide bonds. The summed E-state index contributed by atoms with van der Waals surface area (Å²) in [7, 11) is 0. The fourth-order valence-corrected chi connectivity index (χ4v) is 11.6. The number of nitrogens with one attached hydrogen (secondary N) is 11. The molecule has 0 unspecified atom stereocenters. The van der Waals surface area contributed by atoms with Gasteiger partial charge in [-0.25, -0.2) is 13.8 Å². The van der Waals surface area contributed by atoms with Crippen LogP contribution >= 0.6 is 0 Å². The fourth-order valence-electron chi connectivity index (χ4n) is 11.6. The van der Waals surface area contributed by atoms with Crippen LogP contribution < -0.4 is 48.3 Å². The van der Waals surface area contributed by atoms with Gasteiger partial charge in [0.15, 0.2) is 0 Å². The topological polar surface area (TPSA) is 377 Å². The van der Waals surface area contributed by atoms with Crippen LogP contribution in [0.2, 0.25) is 0 Å². The zero-order valence-corrected chi connectivity index (χ0v) is 51.2. The Balaban J connectivity index is 1.04. The number of nitrogens with two attached hydrogens (primary N) is 1. The van der Waals surface area contributed by atoms with Gasteiger partial charge in [-0.3, -0.25) is 47.9 Å². The van der Waals surface area contributed by atoms with Crippen LogP contribution in [0.1, 0.15) is 91.8 Å². The van der Waals surface area contributed by atoms with Gasteiger partial charge in [0.05, 0.1) is 19.3 Å². The molecule has 4 aromatic carbocycles. The first-order valence-electron chi connectivity index (χ1n) is 31.0. The van der Waals surface area contributed by atoms with E-state index in [1.807, 2.05) is 24.3 Å². The summed E-state index contributed by atoms with van der Waals surface area (Å²) >= 11 is 0. The number of nitrogens with zero attached hydrogens (tertiary/aromatic N) is 2. The third-order valence-corrected chi connectivity index (χ3v) is 16.6. The number of benzene rings is 4. The lowest BCUT2D eigenvalue weighted by Crippen LogP contribution is -2.61. The smallest absolute Gasteiger partial charge is 0.246 e. The number of hydrogen-bond acceptors (Lipinski definition) is 12. The van der Waals surface area contributed by atoms with Gasteiger partial charge >= 0.3 is 0 Å². The van der Waals surface area contributed by atoms with Crippen LogP contribution in [0.4, 0.5) is 8.78 Å². The van der Waals surface area contributed by atoms with Crippen molar-refractivity contribution in [2.24, 2.45) is 5.73 Å². The molecular weight excluding hydrogens is 1200 g/mol. The average molecular weight is 1280 g/mol. The molecule has 2 bridgehead atoms. The van der Waals surface area contributed by atoms with E-state index in [4.69, 9.17) is 5.73 Å². The summed E-state index contributed by atoms with van der Waals surface area (Å²) < 4.78 is 29.8. The lowest BCUT2D eigenvalue weighted by Gasteiger charge is -2.30. The Kier molecular flexibility index (Phi) is 22.7. The normalized spacial score (nSPS) is 20.3. The van der Waals surface area contributed by atoms with Crippen LogP contribution in [0.5, 0.6) is 5.75 Å². The van der Waals surface area contributed by atoms with Crippen LogP contribution in [0.3, 0.4) is 0 Å². The van der Waals surface area contributed by atoms with Gasteiger partial charge in [-0.2, -0.15) is 0 Å². The fraction of sp³-hybridized carbons (Fsp3) is 0.379. The predicted molar refractivity (Wildman–Crippen MR) is 337 cm³/mol. The lowest BCUT2D eigenvalue weighted by atomic mass is 10.0. The predicted octanol–water partition coefficient (Wildman–Crippen LogP) is 2.40. The molecule has 0 saturated carbocycles. The molecule has 3 aromatic heterocycles. The minimum atomic E-state index is -1.82. The number of halogens is 2. The largest absolute Gasteiger partial charge is 0.508 e. The zero-order valence-electron chi connectivity index (χ0n) is 51.2. The Hall–Kier alpha value is -10.5. The van der Waals surface area contributed by atoms with Crippen molar-refractivity contribution in [3.05, 3.63) is 155 Å². The Labute approximate surface area is 533 Å². The standard InChI is InChI=1S/C66H76F2N14O11/c1-37-61(88)74-35-59(86)77-51(26-41-32-72-49-21-17-43(67)28-47(41)49)62(89)78-52(27-42-33-73-50-22-18-44(68)29-48(42)50)63(90)80-54(31-58(85)71-23-5-4-8-39-13-11-38(12-14-39)7-2-3-10-57(84)76-37)65(92)79-53(30-45-34-70-36-75-45)64(91)81-55(25-40-15-19-46(83)20-16-40)66(93)82-24-6-9-56(82)60(69)87/h11-22,28-29,32-34,36-37,51-56,72-73,83H,2-10,23-27,30-31,35H2,1H3,(H2,69,87)(H,70,75)(H,71,85)(H,74,88)(H,76,84)(H,77,86)(H,78,89)(H,79,92)(H,80,90)(H,81,91)/t37-,51-,52-,53-,54-,55-,56-/m0/s1. The molecule has 0 radical (unpaired) electrons. The molecule has 7 atom stereocenters. The highest BCUT2D eigenvalue weighted by atomic mass is 19.1. The van der Waals surface area contributed by atoms with Gasteiger partial charge in [-0.15, -0.1) is 0 Å². The molecule has 25 nitrogen and oxygen atoms in total. The van der Waals surface area contributed by atoms with Crippen molar-refractivity contribution in [1.82, 2.24) is 67.4 Å². The molecule has 3 aliphatic heterocycles.